The lowest BCUT2D eigenvalue weighted by Crippen LogP contribution is -2.20. The molecule has 0 bridgehead atoms. The Morgan fingerprint density at radius 2 is 2.06 bits per heavy atom. The third kappa shape index (κ3) is 2.08. The second kappa shape index (κ2) is 4.62. The van der Waals surface area contributed by atoms with Crippen molar-refractivity contribution >= 4 is 17.4 Å². The smallest absolute Gasteiger partial charge is 0.134 e. The van der Waals surface area contributed by atoms with Crippen molar-refractivity contribution in [1.29, 1.82) is 0 Å². The summed E-state index contributed by atoms with van der Waals surface area (Å²) in [4.78, 5) is 6.79. The monoisotopic (exact) mass is 258 g/mol. The molecule has 1 aliphatic heterocycles. The van der Waals surface area contributed by atoms with E-state index in [9.17, 15) is 0 Å². The maximum absolute atomic E-state index is 6.06. The van der Waals surface area contributed by atoms with Crippen LogP contribution in [0.1, 0.15) is 16.7 Å². The molecule has 0 radical (unpaired) electrons. The number of fused-ring (bicyclic) bond motifs is 1. The Labute approximate surface area is 112 Å². The highest BCUT2D eigenvalue weighted by Crippen LogP contribution is 2.31. The number of rotatable bonds is 2. The Morgan fingerprint density at radius 1 is 1.28 bits per heavy atom. The molecule has 0 aliphatic carbocycles. The van der Waals surface area contributed by atoms with E-state index in [0.29, 0.717) is 5.15 Å². The Hall–Kier alpha value is -1.54. The van der Waals surface area contributed by atoms with Gasteiger partial charge in [-0.3, -0.25) is 0 Å². The number of halogens is 1. The lowest BCUT2D eigenvalue weighted by molar-refractivity contribution is 0.825. The maximum atomic E-state index is 6.06. The Balaban J connectivity index is 1.91. The summed E-state index contributed by atoms with van der Waals surface area (Å²) >= 11 is 6.06. The van der Waals surface area contributed by atoms with E-state index in [1.165, 1.54) is 16.7 Å². The standard InChI is InChI=1S/C15H15ClN2/c1-11-9-14(16)17-15-13(11)7-8-18(15)10-12-5-3-2-4-6-12/h2-6,9H,7-8,10H2,1H3. The number of aromatic nitrogens is 1. The van der Waals surface area contributed by atoms with Crippen molar-refractivity contribution in [2.75, 3.05) is 11.4 Å². The Kier molecular flexibility index (Phi) is 2.96. The molecule has 1 aromatic heterocycles. The van der Waals surface area contributed by atoms with E-state index in [1.54, 1.807) is 0 Å². The van der Waals surface area contributed by atoms with Crippen LogP contribution in [0.15, 0.2) is 36.4 Å². The van der Waals surface area contributed by atoms with Crippen molar-refractivity contribution in [3.05, 3.63) is 58.2 Å². The van der Waals surface area contributed by atoms with E-state index in [-0.39, 0.29) is 0 Å². The summed E-state index contributed by atoms with van der Waals surface area (Å²) in [5.74, 6) is 1.06. The average Bonchev–Trinajstić information content (AvgIpc) is 2.74. The number of pyridine rings is 1. The number of hydrogen-bond acceptors (Lipinski definition) is 2. The van der Waals surface area contributed by atoms with Crippen LogP contribution in [0.5, 0.6) is 0 Å². The van der Waals surface area contributed by atoms with Gasteiger partial charge in [0, 0.05) is 13.1 Å². The summed E-state index contributed by atoms with van der Waals surface area (Å²) in [6, 6.07) is 12.4. The molecule has 0 amide bonds. The van der Waals surface area contributed by atoms with Crippen molar-refractivity contribution in [1.82, 2.24) is 4.98 Å². The van der Waals surface area contributed by atoms with Gasteiger partial charge in [0.05, 0.1) is 0 Å². The lowest BCUT2D eigenvalue weighted by atomic mass is 10.1. The van der Waals surface area contributed by atoms with Gasteiger partial charge in [-0.15, -0.1) is 0 Å². The Morgan fingerprint density at radius 3 is 2.83 bits per heavy atom. The molecular formula is C15H15ClN2. The summed E-state index contributed by atoms with van der Waals surface area (Å²) in [6.45, 7) is 4.04. The van der Waals surface area contributed by atoms with Crippen LogP contribution in [0, 0.1) is 6.92 Å². The van der Waals surface area contributed by atoms with Gasteiger partial charge >= 0.3 is 0 Å². The largest absolute Gasteiger partial charge is 0.352 e. The molecule has 0 saturated heterocycles. The van der Waals surface area contributed by atoms with Gasteiger partial charge in [0.15, 0.2) is 0 Å². The first-order valence-corrected chi connectivity index (χ1v) is 6.57. The van der Waals surface area contributed by atoms with Crippen molar-refractivity contribution in [3.8, 4) is 0 Å². The van der Waals surface area contributed by atoms with Crippen LogP contribution in [0.25, 0.3) is 0 Å². The fourth-order valence-electron chi connectivity index (χ4n) is 2.52. The third-order valence-electron chi connectivity index (χ3n) is 3.44. The quantitative estimate of drug-likeness (QED) is 0.765. The fraction of sp³-hybridized carbons (Fsp3) is 0.267. The molecule has 1 aromatic carbocycles. The minimum Gasteiger partial charge on any atom is -0.352 e. The molecule has 3 rings (SSSR count). The number of aryl methyl sites for hydroxylation is 1. The highest BCUT2D eigenvalue weighted by atomic mass is 35.5. The van der Waals surface area contributed by atoms with Crippen LogP contribution in [-0.4, -0.2) is 11.5 Å². The molecule has 18 heavy (non-hydrogen) atoms. The molecule has 2 heterocycles. The summed E-state index contributed by atoms with van der Waals surface area (Å²) in [7, 11) is 0. The molecule has 2 nitrogen and oxygen atoms in total. The van der Waals surface area contributed by atoms with Crippen LogP contribution in [0.4, 0.5) is 5.82 Å². The molecule has 0 atom stereocenters. The number of nitrogens with zero attached hydrogens (tertiary/aromatic N) is 2. The predicted molar refractivity (Wildman–Crippen MR) is 75.2 cm³/mol. The first kappa shape index (κ1) is 11.5. The predicted octanol–water partition coefficient (Wildman–Crippen LogP) is 3.61. The summed E-state index contributed by atoms with van der Waals surface area (Å²) in [5, 5.41) is 0.589. The second-order valence-corrected chi connectivity index (χ2v) is 5.11. The first-order valence-electron chi connectivity index (χ1n) is 6.19. The van der Waals surface area contributed by atoms with Crippen molar-refractivity contribution in [3.63, 3.8) is 0 Å². The summed E-state index contributed by atoms with van der Waals surface area (Å²) in [6.07, 6.45) is 1.07. The number of benzene rings is 1. The molecule has 3 heteroatoms. The van der Waals surface area contributed by atoms with Gasteiger partial charge < -0.3 is 4.90 Å². The van der Waals surface area contributed by atoms with Crippen LogP contribution in [0.2, 0.25) is 5.15 Å². The van der Waals surface area contributed by atoms with Crippen molar-refractivity contribution in [2.24, 2.45) is 0 Å². The summed E-state index contributed by atoms with van der Waals surface area (Å²) < 4.78 is 0. The van der Waals surface area contributed by atoms with Crippen LogP contribution in [-0.2, 0) is 13.0 Å². The molecule has 92 valence electrons. The first-order chi connectivity index (χ1) is 8.74. The maximum Gasteiger partial charge on any atom is 0.134 e. The van der Waals surface area contributed by atoms with Gasteiger partial charge in [-0.1, -0.05) is 41.9 Å². The second-order valence-electron chi connectivity index (χ2n) is 4.72. The van der Waals surface area contributed by atoms with Crippen molar-refractivity contribution < 1.29 is 0 Å². The van der Waals surface area contributed by atoms with Crippen LogP contribution >= 0.6 is 11.6 Å². The fourth-order valence-corrected chi connectivity index (χ4v) is 2.77. The molecule has 1 aliphatic rings. The van der Waals surface area contributed by atoms with Crippen LogP contribution < -0.4 is 4.90 Å². The van der Waals surface area contributed by atoms with E-state index >= 15 is 0 Å². The van der Waals surface area contributed by atoms with Gasteiger partial charge in [-0.05, 0) is 36.1 Å². The number of anilines is 1. The molecule has 0 saturated carbocycles. The van der Waals surface area contributed by atoms with E-state index in [0.717, 1.165) is 25.3 Å². The van der Waals surface area contributed by atoms with Gasteiger partial charge in [-0.2, -0.15) is 0 Å². The minimum atomic E-state index is 0.589. The summed E-state index contributed by atoms with van der Waals surface area (Å²) in [5.41, 5.74) is 3.90. The molecule has 0 unspecified atom stereocenters. The van der Waals surface area contributed by atoms with Gasteiger partial charge in [-0.25, -0.2) is 4.98 Å². The Bertz CT molecular complexity index is 566. The van der Waals surface area contributed by atoms with Crippen LogP contribution in [0.3, 0.4) is 0 Å². The zero-order valence-electron chi connectivity index (χ0n) is 10.4. The van der Waals surface area contributed by atoms with Gasteiger partial charge in [0.2, 0.25) is 0 Å². The normalized spacial score (nSPS) is 13.8. The topological polar surface area (TPSA) is 16.1 Å². The average molecular weight is 259 g/mol. The van der Waals surface area contributed by atoms with E-state index in [1.807, 2.05) is 12.1 Å². The lowest BCUT2D eigenvalue weighted by Gasteiger charge is -2.18. The highest BCUT2D eigenvalue weighted by Gasteiger charge is 2.22. The zero-order chi connectivity index (χ0) is 12.5. The number of hydrogen-bond donors (Lipinski definition) is 0. The minimum absolute atomic E-state index is 0.589. The highest BCUT2D eigenvalue weighted by molar-refractivity contribution is 6.29. The molecule has 2 aromatic rings. The SMILES string of the molecule is Cc1cc(Cl)nc2c1CCN2Cc1ccccc1. The molecule has 0 N–H and O–H groups in total. The van der Waals surface area contributed by atoms with Gasteiger partial charge in [0.25, 0.3) is 0 Å². The third-order valence-corrected chi connectivity index (χ3v) is 3.64. The molecule has 0 fully saturated rings. The molecule has 0 spiro atoms. The van der Waals surface area contributed by atoms with Crippen molar-refractivity contribution in [2.45, 2.75) is 19.9 Å². The molecular weight excluding hydrogens is 244 g/mol. The van der Waals surface area contributed by atoms with E-state index in [4.69, 9.17) is 11.6 Å². The zero-order valence-corrected chi connectivity index (χ0v) is 11.1. The van der Waals surface area contributed by atoms with E-state index in [2.05, 4.69) is 41.1 Å². The van der Waals surface area contributed by atoms with Gasteiger partial charge in [0.1, 0.15) is 11.0 Å². The van der Waals surface area contributed by atoms with E-state index < -0.39 is 0 Å².